The highest BCUT2D eigenvalue weighted by molar-refractivity contribution is 6.12. The van der Waals surface area contributed by atoms with Crippen LogP contribution in [0.2, 0.25) is 0 Å². The van der Waals surface area contributed by atoms with E-state index in [9.17, 15) is 48.3 Å². The smallest absolute Gasteiger partial charge is 0.343 e. The van der Waals surface area contributed by atoms with E-state index in [1.165, 1.54) is 22.8 Å². The molecule has 22 nitrogen and oxygen atoms in total. The van der Waals surface area contributed by atoms with E-state index in [1.54, 1.807) is 49.4 Å². The van der Waals surface area contributed by atoms with Gasteiger partial charge in [-0.1, -0.05) is 37.3 Å². The monoisotopic (exact) mass is 982 g/mol. The molecule has 0 spiro atoms. The van der Waals surface area contributed by atoms with E-state index in [1.807, 2.05) is 0 Å². The summed E-state index contributed by atoms with van der Waals surface area (Å²) in [6.45, 7) is 1.08. The Bertz CT molecular complexity index is 2820. The van der Waals surface area contributed by atoms with Crippen molar-refractivity contribution in [2.24, 2.45) is 0 Å². The fraction of sp³-hybridized carbons (Fsp3) is 0.375. The Balaban J connectivity index is 0.831. The molecule has 7 rings (SSSR count). The van der Waals surface area contributed by atoms with E-state index in [4.69, 9.17) is 18.9 Å². The molecule has 7 amide bonds. The number of benzene rings is 2. The normalized spacial score (nSPS) is 15.9. The maximum absolute atomic E-state index is 15.5. The SMILES string of the molecule is CC[C@@]1(O)C(=O)OCc2c1cc1n(c2=O)Cc2cc3cc(NC(=O)CNC(=O)C(Cc4ccccc4)NC(=O)CNC(=O)CNC(=O)CCOCCOCCOCCN4C(=O)C=CC4=O)c(F)cc3nc2-1. The summed E-state index contributed by atoms with van der Waals surface area (Å²) >= 11 is 0. The number of esters is 1. The molecule has 0 saturated carbocycles. The van der Waals surface area contributed by atoms with E-state index in [2.05, 4.69) is 31.6 Å². The highest BCUT2D eigenvalue weighted by Gasteiger charge is 2.45. The standard InChI is InChI=1S/C48H51FN8O14/c1-2-48(67)32-21-37-44-30(26-57(37)46(65)31(32)27-71-47(48)66)19-29-20-35(33(49)22-34(29)55-44)53-41(61)25-52-45(64)36(18-28-6-4-3-5-7-28)54-40(60)24-51-39(59)23-50-38(58)10-12-68-14-16-70-17-15-69-13-11-56-42(62)8-9-43(56)63/h3-9,19-22,36,67H,2,10-18,23-27H2,1H3,(H,50,58)(H,51,59)(H,52,64)(H,53,61)(H,54,60)/t36?,48-/m0/s1. The second-order valence-electron chi connectivity index (χ2n) is 16.5. The van der Waals surface area contributed by atoms with Gasteiger partial charge in [-0.15, -0.1) is 0 Å². The number of aliphatic hydroxyl groups is 1. The van der Waals surface area contributed by atoms with Gasteiger partial charge in [0.1, 0.15) is 18.5 Å². The van der Waals surface area contributed by atoms with Gasteiger partial charge < -0.3 is 55.2 Å². The number of carbonyl (C=O) groups excluding carboxylic acids is 8. The Hall–Kier alpha value is -7.73. The van der Waals surface area contributed by atoms with Crippen LogP contribution < -0.4 is 32.1 Å². The molecule has 2 aromatic heterocycles. The molecule has 1 unspecified atom stereocenters. The minimum Gasteiger partial charge on any atom is -0.458 e. The topological polar surface area (TPSA) is 292 Å². The molecule has 4 aromatic rings. The number of nitrogens with one attached hydrogen (secondary N) is 5. The van der Waals surface area contributed by atoms with Crippen LogP contribution in [0.3, 0.4) is 0 Å². The van der Waals surface area contributed by atoms with Gasteiger partial charge in [-0.3, -0.25) is 43.3 Å². The van der Waals surface area contributed by atoms with Gasteiger partial charge in [-0.05, 0) is 30.2 Å². The van der Waals surface area contributed by atoms with E-state index in [0.717, 1.165) is 11.0 Å². The molecular formula is C48H51FN8O14. The summed E-state index contributed by atoms with van der Waals surface area (Å²) in [5, 5.41) is 23.8. The summed E-state index contributed by atoms with van der Waals surface area (Å²) in [7, 11) is 0. The van der Waals surface area contributed by atoms with Crippen molar-refractivity contribution in [3.63, 3.8) is 0 Å². The van der Waals surface area contributed by atoms with Crippen LogP contribution in [0.5, 0.6) is 0 Å². The number of rotatable bonds is 24. The third-order valence-electron chi connectivity index (χ3n) is 11.7. The van der Waals surface area contributed by atoms with E-state index >= 15 is 4.39 Å². The van der Waals surface area contributed by atoms with Crippen LogP contribution in [0.4, 0.5) is 10.1 Å². The second-order valence-corrected chi connectivity index (χ2v) is 16.5. The van der Waals surface area contributed by atoms with Gasteiger partial charge in [-0.25, -0.2) is 14.2 Å². The van der Waals surface area contributed by atoms with Crippen LogP contribution in [0, 0.1) is 5.82 Å². The molecule has 23 heteroatoms. The lowest BCUT2D eigenvalue weighted by Crippen LogP contribution is -2.52. The van der Waals surface area contributed by atoms with Gasteiger partial charge in [0, 0.05) is 47.6 Å². The van der Waals surface area contributed by atoms with Gasteiger partial charge in [0.2, 0.25) is 29.5 Å². The third-order valence-corrected chi connectivity index (χ3v) is 11.7. The Labute approximate surface area is 404 Å². The maximum Gasteiger partial charge on any atom is 0.343 e. The van der Waals surface area contributed by atoms with Crippen molar-refractivity contribution in [2.75, 3.05) is 71.1 Å². The van der Waals surface area contributed by atoms with Crippen molar-refractivity contribution < 1.29 is 66.8 Å². The van der Waals surface area contributed by atoms with Crippen LogP contribution in [-0.4, -0.2) is 139 Å². The average Bonchev–Trinajstić information content (AvgIpc) is 3.88. The van der Waals surface area contributed by atoms with E-state index in [0.29, 0.717) is 27.9 Å². The van der Waals surface area contributed by atoms with Crippen molar-refractivity contribution in [3.05, 3.63) is 105 Å². The van der Waals surface area contributed by atoms with Gasteiger partial charge in [0.15, 0.2) is 5.60 Å². The molecule has 0 saturated heterocycles. The average molecular weight is 983 g/mol. The number of amides is 7. The molecule has 71 heavy (non-hydrogen) atoms. The number of hydrogen-bond acceptors (Lipinski definition) is 15. The van der Waals surface area contributed by atoms with Gasteiger partial charge in [-0.2, -0.15) is 0 Å². The highest BCUT2D eigenvalue weighted by atomic mass is 19.1. The zero-order chi connectivity index (χ0) is 50.7. The zero-order valence-electron chi connectivity index (χ0n) is 38.5. The summed E-state index contributed by atoms with van der Waals surface area (Å²) in [6.07, 6.45) is 2.33. The molecule has 2 aromatic carbocycles. The number of aromatic nitrogens is 2. The largest absolute Gasteiger partial charge is 0.458 e. The molecule has 3 aliphatic rings. The van der Waals surface area contributed by atoms with Crippen molar-refractivity contribution in [2.45, 2.75) is 51.0 Å². The van der Waals surface area contributed by atoms with Crippen molar-refractivity contribution >= 4 is 63.9 Å². The molecule has 5 heterocycles. The molecule has 374 valence electrons. The van der Waals surface area contributed by atoms with E-state index < -0.39 is 78.2 Å². The number of hydrogen-bond donors (Lipinski definition) is 6. The van der Waals surface area contributed by atoms with Crippen LogP contribution in [0.1, 0.15) is 42.0 Å². The number of carbonyl (C=O) groups is 8. The first-order valence-electron chi connectivity index (χ1n) is 22.7. The van der Waals surface area contributed by atoms with Crippen LogP contribution in [0.15, 0.2) is 71.5 Å². The molecule has 0 fully saturated rings. The number of ether oxygens (including phenoxy) is 4. The van der Waals surface area contributed by atoms with E-state index in [-0.39, 0.29) is 113 Å². The fourth-order valence-electron chi connectivity index (χ4n) is 7.91. The Morgan fingerprint density at radius 2 is 1.48 bits per heavy atom. The number of halogens is 1. The molecule has 2 atom stereocenters. The predicted octanol–water partition coefficient (Wildman–Crippen LogP) is -0.402. The van der Waals surface area contributed by atoms with Crippen molar-refractivity contribution in [3.8, 4) is 11.4 Å². The molecule has 6 N–H and O–H groups in total. The second kappa shape index (κ2) is 23.3. The van der Waals surface area contributed by atoms with Crippen molar-refractivity contribution in [1.29, 1.82) is 0 Å². The van der Waals surface area contributed by atoms with Crippen LogP contribution in [0.25, 0.3) is 22.3 Å². The van der Waals surface area contributed by atoms with Crippen LogP contribution in [-0.2, 0) is 82.5 Å². The Morgan fingerprint density at radius 3 is 2.20 bits per heavy atom. The molecule has 0 radical (unpaired) electrons. The number of nitrogens with zero attached hydrogens (tertiary/aromatic N) is 3. The summed E-state index contributed by atoms with van der Waals surface area (Å²) in [5.74, 6) is -5.90. The Morgan fingerprint density at radius 1 is 0.817 bits per heavy atom. The molecular weight excluding hydrogens is 932 g/mol. The molecule has 0 aliphatic carbocycles. The predicted molar refractivity (Wildman–Crippen MR) is 247 cm³/mol. The summed E-state index contributed by atoms with van der Waals surface area (Å²) < 4.78 is 38.1. The minimum atomic E-state index is -2.01. The van der Waals surface area contributed by atoms with Gasteiger partial charge in [0.25, 0.3) is 17.4 Å². The summed E-state index contributed by atoms with van der Waals surface area (Å²) in [5.41, 5.74) is -0.217. The lowest BCUT2D eigenvalue weighted by atomic mass is 9.86. The first-order chi connectivity index (χ1) is 34.1. The lowest BCUT2D eigenvalue weighted by molar-refractivity contribution is -0.172. The first kappa shape index (κ1) is 51.1. The third kappa shape index (κ3) is 12.5. The summed E-state index contributed by atoms with van der Waals surface area (Å²) in [4.78, 5) is 119. The van der Waals surface area contributed by atoms with Gasteiger partial charge in [0.05, 0.1) is 101 Å². The minimum absolute atomic E-state index is 0.0125. The molecule has 3 aliphatic heterocycles. The zero-order valence-corrected chi connectivity index (χ0v) is 38.5. The quantitative estimate of drug-likeness (QED) is 0.0261. The maximum atomic E-state index is 15.5. The summed E-state index contributed by atoms with van der Waals surface area (Å²) in [6, 6.07) is 13.2. The number of pyridine rings is 2. The fourth-order valence-corrected chi connectivity index (χ4v) is 7.91. The first-order valence-corrected chi connectivity index (χ1v) is 22.7. The number of cyclic esters (lactones) is 1. The lowest BCUT2D eigenvalue weighted by Gasteiger charge is -2.31. The van der Waals surface area contributed by atoms with Crippen molar-refractivity contribution in [1.82, 2.24) is 35.7 Å². The number of imide groups is 1. The number of fused-ring (bicyclic) bond motifs is 5. The number of anilines is 1. The highest BCUT2D eigenvalue weighted by Crippen LogP contribution is 2.39. The van der Waals surface area contributed by atoms with Gasteiger partial charge >= 0.3 is 5.97 Å². The molecule has 0 bridgehead atoms. The van der Waals surface area contributed by atoms with Crippen LogP contribution >= 0.6 is 0 Å². The Kier molecular flexibility index (Phi) is 16.7.